The van der Waals surface area contributed by atoms with Gasteiger partial charge in [0.15, 0.2) is 11.5 Å². The predicted molar refractivity (Wildman–Crippen MR) is 86.5 cm³/mol. The standard InChI is InChI=1S/C16H25ClN2O2/c1-4-19(5-2)11-12(3)18-10-13-8-14(17)16-15(9-13)20-6-7-21-16/h8-9,12,18H,4-7,10-11H2,1-3H3. The van der Waals surface area contributed by atoms with E-state index < -0.39 is 0 Å². The first-order valence-electron chi connectivity index (χ1n) is 7.67. The third kappa shape index (κ3) is 4.50. The molecule has 1 atom stereocenters. The largest absolute Gasteiger partial charge is 0.486 e. The highest BCUT2D eigenvalue weighted by Crippen LogP contribution is 2.38. The molecule has 5 heteroatoms. The molecule has 0 spiro atoms. The molecule has 1 heterocycles. The van der Waals surface area contributed by atoms with E-state index >= 15 is 0 Å². The van der Waals surface area contributed by atoms with E-state index in [0.717, 1.165) is 37.5 Å². The minimum atomic E-state index is 0.428. The Bertz CT molecular complexity index is 464. The lowest BCUT2D eigenvalue weighted by atomic mass is 10.1. The summed E-state index contributed by atoms with van der Waals surface area (Å²) < 4.78 is 11.1. The summed E-state index contributed by atoms with van der Waals surface area (Å²) in [7, 11) is 0. The summed E-state index contributed by atoms with van der Waals surface area (Å²) in [6.07, 6.45) is 0. The van der Waals surface area contributed by atoms with Crippen molar-refractivity contribution in [2.45, 2.75) is 33.4 Å². The number of halogens is 1. The SMILES string of the molecule is CCN(CC)CC(C)NCc1cc(Cl)c2c(c1)OCCO2. The zero-order valence-electron chi connectivity index (χ0n) is 13.1. The second-order valence-corrected chi connectivity index (χ2v) is 5.78. The predicted octanol–water partition coefficient (Wildman–Crippen LogP) is 2.93. The normalized spacial score (nSPS) is 15.3. The third-order valence-electron chi connectivity index (χ3n) is 3.74. The van der Waals surface area contributed by atoms with Crippen LogP contribution >= 0.6 is 11.6 Å². The van der Waals surface area contributed by atoms with Crippen molar-refractivity contribution in [3.8, 4) is 11.5 Å². The number of fused-ring (bicyclic) bond motifs is 1. The van der Waals surface area contributed by atoms with Gasteiger partial charge < -0.3 is 19.7 Å². The smallest absolute Gasteiger partial charge is 0.179 e. The fraction of sp³-hybridized carbons (Fsp3) is 0.625. The summed E-state index contributed by atoms with van der Waals surface area (Å²) in [5.41, 5.74) is 1.12. The van der Waals surface area contributed by atoms with E-state index in [9.17, 15) is 0 Å². The quantitative estimate of drug-likeness (QED) is 0.839. The number of hydrogen-bond acceptors (Lipinski definition) is 4. The molecule has 1 unspecified atom stereocenters. The summed E-state index contributed by atoms with van der Waals surface area (Å²) in [4.78, 5) is 2.41. The van der Waals surface area contributed by atoms with Crippen LogP contribution in [0.5, 0.6) is 11.5 Å². The van der Waals surface area contributed by atoms with E-state index in [2.05, 4.69) is 31.0 Å². The topological polar surface area (TPSA) is 33.7 Å². The van der Waals surface area contributed by atoms with Crippen LogP contribution in [0.25, 0.3) is 0 Å². The van der Waals surface area contributed by atoms with Crippen molar-refractivity contribution >= 4 is 11.6 Å². The van der Waals surface area contributed by atoms with E-state index in [1.54, 1.807) is 0 Å². The highest BCUT2D eigenvalue weighted by atomic mass is 35.5. The first kappa shape index (κ1) is 16.4. The molecule has 118 valence electrons. The Morgan fingerprint density at radius 2 is 1.95 bits per heavy atom. The van der Waals surface area contributed by atoms with Crippen molar-refractivity contribution in [1.29, 1.82) is 0 Å². The number of benzene rings is 1. The van der Waals surface area contributed by atoms with Gasteiger partial charge in [-0.2, -0.15) is 0 Å². The van der Waals surface area contributed by atoms with Gasteiger partial charge in [0.05, 0.1) is 5.02 Å². The molecular formula is C16H25ClN2O2. The van der Waals surface area contributed by atoms with Crippen LogP contribution in [-0.4, -0.2) is 43.8 Å². The maximum absolute atomic E-state index is 6.25. The van der Waals surface area contributed by atoms with Crippen molar-refractivity contribution in [1.82, 2.24) is 10.2 Å². The van der Waals surface area contributed by atoms with Crippen LogP contribution in [0.2, 0.25) is 5.02 Å². The second-order valence-electron chi connectivity index (χ2n) is 5.37. The van der Waals surface area contributed by atoms with E-state index in [0.29, 0.717) is 30.0 Å². The molecule has 1 aliphatic heterocycles. The number of ether oxygens (including phenoxy) is 2. The van der Waals surface area contributed by atoms with Crippen LogP contribution < -0.4 is 14.8 Å². The molecule has 0 aliphatic carbocycles. The number of nitrogens with one attached hydrogen (secondary N) is 1. The molecule has 0 aromatic heterocycles. The Morgan fingerprint density at radius 1 is 1.24 bits per heavy atom. The van der Waals surface area contributed by atoms with Gasteiger partial charge in [0, 0.05) is 19.1 Å². The van der Waals surface area contributed by atoms with Crippen molar-refractivity contribution in [2.24, 2.45) is 0 Å². The minimum absolute atomic E-state index is 0.428. The zero-order chi connectivity index (χ0) is 15.2. The van der Waals surface area contributed by atoms with Gasteiger partial charge in [0.25, 0.3) is 0 Å². The maximum atomic E-state index is 6.25. The van der Waals surface area contributed by atoms with Crippen LogP contribution in [0, 0.1) is 0 Å². The number of rotatable bonds is 7. The number of likely N-dealkylation sites (N-methyl/N-ethyl adjacent to an activating group) is 1. The number of hydrogen-bond donors (Lipinski definition) is 1. The minimum Gasteiger partial charge on any atom is -0.486 e. The van der Waals surface area contributed by atoms with E-state index in [-0.39, 0.29) is 0 Å². The van der Waals surface area contributed by atoms with Gasteiger partial charge in [-0.05, 0) is 37.7 Å². The molecule has 1 aliphatic rings. The van der Waals surface area contributed by atoms with Gasteiger partial charge in [-0.25, -0.2) is 0 Å². The van der Waals surface area contributed by atoms with Crippen LogP contribution in [0.4, 0.5) is 0 Å². The Hall–Kier alpha value is -0.970. The van der Waals surface area contributed by atoms with Crippen LogP contribution in [0.15, 0.2) is 12.1 Å². The molecule has 21 heavy (non-hydrogen) atoms. The first-order valence-corrected chi connectivity index (χ1v) is 8.05. The van der Waals surface area contributed by atoms with E-state index in [1.807, 2.05) is 12.1 Å². The van der Waals surface area contributed by atoms with Gasteiger partial charge in [-0.1, -0.05) is 25.4 Å². The van der Waals surface area contributed by atoms with Crippen molar-refractivity contribution in [3.63, 3.8) is 0 Å². The Kier molecular flexibility index (Phi) is 6.15. The van der Waals surface area contributed by atoms with E-state index in [4.69, 9.17) is 21.1 Å². The molecule has 4 nitrogen and oxygen atoms in total. The highest BCUT2D eigenvalue weighted by Gasteiger charge is 2.17. The lowest BCUT2D eigenvalue weighted by molar-refractivity contribution is 0.171. The van der Waals surface area contributed by atoms with Crippen molar-refractivity contribution in [2.75, 3.05) is 32.8 Å². The number of nitrogens with zero attached hydrogens (tertiary/aromatic N) is 1. The zero-order valence-corrected chi connectivity index (χ0v) is 13.9. The lowest BCUT2D eigenvalue weighted by Crippen LogP contribution is -2.38. The summed E-state index contributed by atoms with van der Waals surface area (Å²) in [6.45, 7) is 11.7. The molecule has 1 N–H and O–H groups in total. The molecule has 0 amide bonds. The van der Waals surface area contributed by atoms with Crippen molar-refractivity contribution < 1.29 is 9.47 Å². The van der Waals surface area contributed by atoms with Gasteiger partial charge in [-0.15, -0.1) is 0 Å². The molecule has 0 saturated carbocycles. The van der Waals surface area contributed by atoms with Crippen LogP contribution in [0.1, 0.15) is 26.3 Å². The Labute approximate surface area is 132 Å². The molecule has 0 radical (unpaired) electrons. The summed E-state index contributed by atoms with van der Waals surface area (Å²) in [6, 6.07) is 4.39. The molecule has 0 bridgehead atoms. The third-order valence-corrected chi connectivity index (χ3v) is 4.02. The highest BCUT2D eigenvalue weighted by molar-refractivity contribution is 6.32. The molecule has 0 saturated heterocycles. The Morgan fingerprint density at radius 3 is 2.67 bits per heavy atom. The van der Waals surface area contributed by atoms with Crippen LogP contribution in [-0.2, 0) is 6.54 Å². The molecule has 0 fully saturated rings. The van der Waals surface area contributed by atoms with Crippen LogP contribution in [0.3, 0.4) is 0 Å². The van der Waals surface area contributed by atoms with E-state index in [1.165, 1.54) is 0 Å². The summed E-state index contributed by atoms with van der Waals surface area (Å²) >= 11 is 6.25. The van der Waals surface area contributed by atoms with Gasteiger partial charge >= 0.3 is 0 Å². The monoisotopic (exact) mass is 312 g/mol. The average molecular weight is 313 g/mol. The maximum Gasteiger partial charge on any atom is 0.179 e. The summed E-state index contributed by atoms with van der Waals surface area (Å²) in [5, 5.41) is 4.16. The lowest BCUT2D eigenvalue weighted by Gasteiger charge is -2.24. The first-order chi connectivity index (χ1) is 10.1. The van der Waals surface area contributed by atoms with Gasteiger partial charge in [-0.3, -0.25) is 0 Å². The van der Waals surface area contributed by atoms with Gasteiger partial charge in [0.2, 0.25) is 0 Å². The molecule has 1 aromatic rings. The Balaban J connectivity index is 1.92. The second kappa shape index (κ2) is 7.87. The average Bonchev–Trinajstić information content (AvgIpc) is 2.50. The molecule has 1 aromatic carbocycles. The molecular weight excluding hydrogens is 288 g/mol. The molecule has 2 rings (SSSR count). The fourth-order valence-electron chi connectivity index (χ4n) is 2.49. The van der Waals surface area contributed by atoms with Crippen molar-refractivity contribution in [3.05, 3.63) is 22.7 Å². The summed E-state index contributed by atoms with van der Waals surface area (Å²) in [5.74, 6) is 1.42. The van der Waals surface area contributed by atoms with Gasteiger partial charge in [0.1, 0.15) is 13.2 Å². The fourth-order valence-corrected chi connectivity index (χ4v) is 2.78.